The molecule has 2 rings (SSSR count). The minimum absolute atomic E-state index is 0.0103. The van der Waals surface area contributed by atoms with Gasteiger partial charge in [-0.1, -0.05) is 0 Å². The van der Waals surface area contributed by atoms with E-state index in [0.29, 0.717) is 18.9 Å². The Bertz CT molecular complexity index is 990. The zero-order chi connectivity index (χ0) is 25.1. The highest BCUT2D eigenvalue weighted by Gasteiger charge is 2.25. The van der Waals surface area contributed by atoms with E-state index in [4.69, 9.17) is 14.7 Å². The second kappa shape index (κ2) is 10.0. The number of nitrogens with zero attached hydrogens (tertiary/aromatic N) is 6. The maximum atomic E-state index is 10.2. The second-order valence-electron chi connectivity index (χ2n) is 10.5. The first-order chi connectivity index (χ1) is 15.1. The number of rotatable bonds is 6. The van der Waals surface area contributed by atoms with Crippen molar-refractivity contribution in [2.75, 3.05) is 7.05 Å². The third-order valence-electron chi connectivity index (χ3n) is 5.54. The van der Waals surface area contributed by atoms with Crippen LogP contribution in [-0.4, -0.2) is 65.0 Å². The van der Waals surface area contributed by atoms with Gasteiger partial charge in [0.05, 0.1) is 47.4 Å². The Morgan fingerprint density at radius 3 is 1.52 bits per heavy atom. The Balaban J connectivity index is 2.14. The lowest BCUT2D eigenvalue weighted by Gasteiger charge is -2.14. The third kappa shape index (κ3) is 7.12. The summed E-state index contributed by atoms with van der Waals surface area (Å²) in [5, 5.41) is 10.2. The van der Waals surface area contributed by atoms with Crippen LogP contribution in [0.3, 0.4) is 0 Å². The predicted molar refractivity (Wildman–Crippen MR) is 130 cm³/mol. The Morgan fingerprint density at radius 1 is 0.697 bits per heavy atom. The summed E-state index contributed by atoms with van der Waals surface area (Å²) in [7, 11) is 2.04. The number of hydrogen-bond acceptors (Lipinski definition) is 6. The van der Waals surface area contributed by atoms with E-state index < -0.39 is 5.54 Å². The van der Waals surface area contributed by atoms with Crippen LogP contribution in [0.15, 0.2) is 0 Å². The Morgan fingerprint density at radius 2 is 1.12 bits per heavy atom. The zero-order valence-corrected chi connectivity index (χ0v) is 22.1. The summed E-state index contributed by atoms with van der Waals surface area (Å²) in [6.45, 7) is 20.6. The van der Waals surface area contributed by atoms with Gasteiger partial charge in [0.25, 0.3) is 0 Å². The Kier molecular flexibility index (Phi) is 8.06. The molecule has 8 heteroatoms. The fourth-order valence-corrected chi connectivity index (χ4v) is 2.78. The normalized spacial score (nSPS) is 13.5. The molecule has 0 aromatic carbocycles. The molecule has 1 N–H and O–H groups in total. The molecule has 0 amide bonds. The van der Waals surface area contributed by atoms with Gasteiger partial charge in [0, 0.05) is 20.8 Å². The molecule has 0 radical (unpaired) electrons. The van der Waals surface area contributed by atoms with E-state index in [9.17, 15) is 5.21 Å². The standard InChI is InChI=1S/C25H40N6O2/c1-16-20(12-30(11)24(5,6)7)26-18(3)22(28-16)14-33-15-23-19(4)27-21(17(2)29-23)13-31(32)25(8,9)10/h12-13,32H,14-15H2,1-11H3/q+2. The summed E-state index contributed by atoms with van der Waals surface area (Å²) in [5.74, 6) is 0. The average molecular weight is 457 g/mol. The molecule has 0 atom stereocenters. The lowest BCUT2D eigenvalue weighted by molar-refractivity contribution is -0.816. The topological polar surface area (TPSA) is 87.0 Å². The SMILES string of the molecule is Cc1nc(COCc2nc(C)c(/C=[N+](\O)C(C)(C)C)nc2C)c(C)nc1C=[N+](C)C(C)(C)C. The number of ether oxygens (including phenoxy) is 1. The maximum Gasteiger partial charge on any atom is 0.243 e. The van der Waals surface area contributed by atoms with Gasteiger partial charge in [-0.25, -0.2) is 14.5 Å². The molecular formula is C25H40N6O2+2. The quantitative estimate of drug-likeness (QED) is 0.309. The molecule has 0 fully saturated rings. The van der Waals surface area contributed by atoms with Gasteiger partial charge in [-0.15, -0.1) is 0 Å². The molecule has 0 aliphatic heterocycles. The molecule has 180 valence electrons. The van der Waals surface area contributed by atoms with Crippen LogP contribution in [0, 0.1) is 27.7 Å². The van der Waals surface area contributed by atoms with Gasteiger partial charge >= 0.3 is 0 Å². The molecule has 2 heterocycles. The molecule has 0 unspecified atom stereocenters. The molecule has 0 aliphatic rings. The smallest absolute Gasteiger partial charge is 0.243 e. The number of aromatic nitrogens is 4. The molecule has 0 saturated carbocycles. The maximum absolute atomic E-state index is 10.2. The minimum atomic E-state index is -0.420. The van der Waals surface area contributed by atoms with E-state index in [0.717, 1.165) is 44.6 Å². The highest BCUT2D eigenvalue weighted by atomic mass is 16.5. The van der Waals surface area contributed by atoms with Gasteiger partial charge in [0.1, 0.15) is 12.7 Å². The van der Waals surface area contributed by atoms with Crippen LogP contribution in [-0.2, 0) is 18.0 Å². The van der Waals surface area contributed by atoms with E-state index in [1.165, 1.54) is 0 Å². The van der Waals surface area contributed by atoms with Gasteiger partial charge in [0.15, 0.2) is 17.4 Å². The highest BCUT2D eigenvalue weighted by Crippen LogP contribution is 2.13. The summed E-state index contributed by atoms with van der Waals surface area (Å²) >= 11 is 0. The van der Waals surface area contributed by atoms with Crippen molar-refractivity contribution in [1.82, 2.24) is 19.9 Å². The van der Waals surface area contributed by atoms with E-state index in [1.807, 2.05) is 61.7 Å². The van der Waals surface area contributed by atoms with Crippen LogP contribution in [0.25, 0.3) is 0 Å². The predicted octanol–water partition coefficient (Wildman–Crippen LogP) is 3.70. The summed E-state index contributed by atoms with van der Waals surface area (Å²) < 4.78 is 9.23. The van der Waals surface area contributed by atoms with Gasteiger partial charge in [-0.05, 0) is 53.2 Å². The highest BCUT2D eigenvalue weighted by molar-refractivity contribution is 5.74. The molecular weight excluding hydrogens is 416 g/mol. The fourth-order valence-electron chi connectivity index (χ4n) is 2.78. The molecule has 0 bridgehead atoms. The van der Waals surface area contributed by atoms with E-state index >= 15 is 0 Å². The van der Waals surface area contributed by atoms with Crippen molar-refractivity contribution >= 4 is 12.4 Å². The van der Waals surface area contributed by atoms with Crippen molar-refractivity contribution in [2.45, 2.75) is 93.5 Å². The molecule has 33 heavy (non-hydrogen) atoms. The lowest BCUT2D eigenvalue weighted by atomic mass is 10.1. The van der Waals surface area contributed by atoms with Crippen LogP contribution < -0.4 is 0 Å². The molecule has 2 aromatic rings. The summed E-state index contributed by atoms with van der Waals surface area (Å²) in [6, 6.07) is 0. The fraction of sp³-hybridized carbons (Fsp3) is 0.600. The average Bonchev–Trinajstić information content (AvgIpc) is 2.67. The van der Waals surface area contributed by atoms with E-state index in [2.05, 4.69) is 35.3 Å². The summed E-state index contributed by atoms with van der Waals surface area (Å²) in [4.78, 5) is 18.7. The Labute approximate surface area is 198 Å². The van der Waals surface area contributed by atoms with Gasteiger partial charge in [-0.3, -0.25) is 15.2 Å². The van der Waals surface area contributed by atoms with Crippen molar-refractivity contribution < 1.29 is 19.3 Å². The number of aryl methyl sites for hydroxylation is 4. The van der Waals surface area contributed by atoms with Crippen LogP contribution in [0.5, 0.6) is 0 Å². The molecule has 0 spiro atoms. The van der Waals surface area contributed by atoms with Crippen LogP contribution in [0.4, 0.5) is 0 Å². The van der Waals surface area contributed by atoms with Crippen LogP contribution >= 0.6 is 0 Å². The zero-order valence-electron chi connectivity index (χ0n) is 22.1. The lowest BCUT2D eigenvalue weighted by Crippen LogP contribution is -2.31. The number of hydroxylamine groups is 1. The second-order valence-corrected chi connectivity index (χ2v) is 10.5. The monoisotopic (exact) mass is 456 g/mol. The van der Waals surface area contributed by atoms with Crippen molar-refractivity contribution in [3.05, 3.63) is 45.6 Å². The largest absolute Gasteiger partial charge is 0.369 e. The van der Waals surface area contributed by atoms with Gasteiger partial charge in [-0.2, -0.15) is 0 Å². The molecule has 8 nitrogen and oxygen atoms in total. The van der Waals surface area contributed by atoms with Crippen LogP contribution in [0.1, 0.15) is 87.1 Å². The van der Waals surface area contributed by atoms with E-state index in [-0.39, 0.29) is 5.54 Å². The van der Waals surface area contributed by atoms with E-state index in [1.54, 1.807) is 6.21 Å². The Hall–Kier alpha value is -2.74. The molecule has 2 aromatic heterocycles. The van der Waals surface area contributed by atoms with Crippen molar-refractivity contribution in [3.63, 3.8) is 0 Å². The van der Waals surface area contributed by atoms with Gasteiger partial charge < -0.3 is 4.74 Å². The van der Waals surface area contributed by atoms with Crippen molar-refractivity contribution in [2.24, 2.45) is 0 Å². The first-order valence-electron chi connectivity index (χ1n) is 11.3. The summed E-state index contributed by atoms with van der Waals surface area (Å²) in [6.07, 6.45) is 3.64. The van der Waals surface area contributed by atoms with Crippen molar-refractivity contribution in [1.29, 1.82) is 0 Å². The molecule has 0 saturated heterocycles. The van der Waals surface area contributed by atoms with Crippen molar-refractivity contribution in [3.8, 4) is 0 Å². The summed E-state index contributed by atoms with van der Waals surface area (Å²) in [5.41, 5.74) is 5.90. The van der Waals surface area contributed by atoms with Crippen LogP contribution in [0.2, 0.25) is 0 Å². The molecule has 0 aliphatic carbocycles. The first kappa shape index (κ1) is 26.5. The van der Waals surface area contributed by atoms with Gasteiger partial charge in [0.2, 0.25) is 11.8 Å². The number of hydrogen-bond donors (Lipinski definition) is 1. The third-order valence-corrected chi connectivity index (χ3v) is 5.54. The first-order valence-corrected chi connectivity index (χ1v) is 11.3. The minimum Gasteiger partial charge on any atom is -0.369 e.